The van der Waals surface area contributed by atoms with Crippen LogP contribution in [0.25, 0.3) is 0 Å². The molecule has 1 saturated carbocycles. The second-order valence-corrected chi connectivity index (χ2v) is 6.78. The maximum Gasteiger partial charge on any atom is 0.311 e. The number of nitrogens with one attached hydrogen (secondary N) is 1. The second kappa shape index (κ2) is 6.05. The maximum absolute atomic E-state index is 12.0. The van der Waals surface area contributed by atoms with E-state index in [4.69, 9.17) is 0 Å². The molecule has 1 aliphatic carbocycles. The average Bonchev–Trinajstić information content (AvgIpc) is 2.83. The molecule has 0 bridgehead atoms. The Morgan fingerprint density at radius 2 is 2.05 bits per heavy atom. The number of amides is 1. The Bertz CT molecular complexity index is 480. The Kier molecular flexibility index (Phi) is 4.62. The third-order valence-corrected chi connectivity index (χ3v) is 5.33. The number of thiophene rings is 1. The summed E-state index contributed by atoms with van der Waals surface area (Å²) in [4.78, 5) is 24.0. The Morgan fingerprint density at radius 3 is 2.58 bits per heavy atom. The van der Waals surface area contributed by atoms with Gasteiger partial charge in [0.05, 0.1) is 10.3 Å². The van der Waals surface area contributed by atoms with Crippen LogP contribution in [0.2, 0.25) is 0 Å². The van der Waals surface area contributed by atoms with Crippen LogP contribution in [0.3, 0.4) is 0 Å². The summed E-state index contributed by atoms with van der Waals surface area (Å²) in [5, 5.41) is 14.0. The second-order valence-electron chi connectivity index (χ2n) is 4.96. The number of rotatable bonds is 4. The molecule has 0 unspecified atom stereocenters. The molecule has 1 aromatic heterocycles. The number of aliphatic carboxylic acids is 1. The van der Waals surface area contributed by atoms with Crippen LogP contribution in [0.4, 0.5) is 0 Å². The molecule has 2 rings (SSSR count). The van der Waals surface area contributed by atoms with E-state index in [0.29, 0.717) is 17.7 Å². The highest BCUT2D eigenvalue weighted by molar-refractivity contribution is 9.10. The van der Waals surface area contributed by atoms with Gasteiger partial charge in [-0.25, -0.2) is 0 Å². The van der Waals surface area contributed by atoms with Crippen molar-refractivity contribution in [1.82, 2.24) is 5.32 Å². The van der Waals surface area contributed by atoms with Gasteiger partial charge in [-0.1, -0.05) is 19.3 Å². The Hall–Kier alpha value is -0.880. The lowest BCUT2D eigenvalue weighted by molar-refractivity contribution is -0.150. The molecule has 0 saturated heterocycles. The maximum atomic E-state index is 12.0. The number of halogens is 1. The van der Waals surface area contributed by atoms with E-state index in [1.165, 1.54) is 11.3 Å². The van der Waals surface area contributed by atoms with Crippen molar-refractivity contribution in [3.8, 4) is 0 Å². The minimum atomic E-state index is -0.792. The molecule has 1 amide bonds. The predicted octanol–water partition coefficient (Wildman–Crippen LogP) is 3.28. The highest BCUT2D eigenvalue weighted by atomic mass is 79.9. The van der Waals surface area contributed by atoms with Crippen molar-refractivity contribution in [2.24, 2.45) is 5.41 Å². The summed E-state index contributed by atoms with van der Waals surface area (Å²) < 4.78 is 0.869. The first kappa shape index (κ1) is 14.5. The number of hydrogen-bond donors (Lipinski definition) is 2. The summed E-state index contributed by atoms with van der Waals surface area (Å²) in [5.41, 5.74) is -0.775. The van der Waals surface area contributed by atoms with Crippen LogP contribution in [-0.4, -0.2) is 23.5 Å². The van der Waals surface area contributed by atoms with E-state index >= 15 is 0 Å². The number of carboxylic acid groups (broad SMARTS) is 1. The highest BCUT2D eigenvalue weighted by Crippen LogP contribution is 2.36. The average molecular weight is 346 g/mol. The monoisotopic (exact) mass is 345 g/mol. The minimum Gasteiger partial charge on any atom is -0.481 e. The molecule has 1 aliphatic rings. The lowest BCUT2D eigenvalue weighted by Crippen LogP contribution is -2.44. The zero-order valence-electron chi connectivity index (χ0n) is 10.4. The van der Waals surface area contributed by atoms with E-state index in [1.54, 1.807) is 6.07 Å². The predicted molar refractivity (Wildman–Crippen MR) is 77.5 cm³/mol. The fraction of sp³-hybridized carbons (Fsp3) is 0.538. The van der Waals surface area contributed by atoms with Crippen LogP contribution in [0.15, 0.2) is 15.9 Å². The third kappa shape index (κ3) is 3.36. The number of carbonyl (C=O) groups excluding carboxylic acids is 1. The molecular weight excluding hydrogens is 330 g/mol. The summed E-state index contributed by atoms with van der Waals surface area (Å²) in [7, 11) is 0. The molecule has 104 valence electrons. The van der Waals surface area contributed by atoms with Gasteiger partial charge >= 0.3 is 5.97 Å². The first-order chi connectivity index (χ1) is 9.03. The SMILES string of the molecule is O=C(NCC1(C(=O)O)CCCCC1)c1cc(Br)cs1. The number of hydrogen-bond acceptors (Lipinski definition) is 3. The first-order valence-electron chi connectivity index (χ1n) is 6.29. The van der Waals surface area contributed by atoms with Crippen molar-refractivity contribution in [2.45, 2.75) is 32.1 Å². The quantitative estimate of drug-likeness (QED) is 0.879. The highest BCUT2D eigenvalue weighted by Gasteiger charge is 2.39. The molecule has 0 atom stereocenters. The summed E-state index contributed by atoms with van der Waals surface area (Å²) in [6, 6.07) is 1.74. The fourth-order valence-corrected chi connectivity index (χ4v) is 3.81. The zero-order chi connectivity index (χ0) is 13.9. The molecule has 0 spiro atoms. The molecule has 19 heavy (non-hydrogen) atoms. The smallest absolute Gasteiger partial charge is 0.311 e. The van der Waals surface area contributed by atoms with Crippen LogP contribution >= 0.6 is 27.3 Å². The molecular formula is C13H16BrNO3S. The van der Waals surface area contributed by atoms with Gasteiger partial charge in [0.1, 0.15) is 0 Å². The first-order valence-corrected chi connectivity index (χ1v) is 7.96. The van der Waals surface area contributed by atoms with Crippen LogP contribution in [-0.2, 0) is 4.79 Å². The standard InChI is InChI=1S/C13H16BrNO3S/c14-9-6-10(19-7-9)11(16)15-8-13(12(17)18)4-2-1-3-5-13/h6-7H,1-5,8H2,(H,15,16)(H,17,18). The number of carboxylic acids is 1. The molecule has 0 radical (unpaired) electrons. The molecule has 0 aromatic carbocycles. The van der Waals surface area contributed by atoms with Crippen molar-refractivity contribution in [2.75, 3.05) is 6.54 Å². The van der Waals surface area contributed by atoms with Gasteiger partial charge in [-0.05, 0) is 34.8 Å². The lowest BCUT2D eigenvalue weighted by Gasteiger charge is -2.33. The van der Waals surface area contributed by atoms with Crippen molar-refractivity contribution in [3.63, 3.8) is 0 Å². The van der Waals surface area contributed by atoms with E-state index < -0.39 is 11.4 Å². The van der Waals surface area contributed by atoms with Crippen LogP contribution in [0.5, 0.6) is 0 Å². The fourth-order valence-electron chi connectivity index (χ4n) is 2.46. The normalized spacial score (nSPS) is 17.9. The summed E-state index contributed by atoms with van der Waals surface area (Å²) in [5.74, 6) is -0.984. The van der Waals surface area contributed by atoms with Crippen molar-refractivity contribution in [3.05, 3.63) is 20.8 Å². The molecule has 4 nitrogen and oxygen atoms in total. The molecule has 1 heterocycles. The summed E-state index contributed by atoms with van der Waals surface area (Å²) >= 11 is 4.64. The third-order valence-electron chi connectivity index (χ3n) is 3.64. The van der Waals surface area contributed by atoms with Gasteiger partial charge in [-0.3, -0.25) is 9.59 Å². The van der Waals surface area contributed by atoms with Gasteiger partial charge in [0, 0.05) is 16.4 Å². The van der Waals surface area contributed by atoms with Crippen molar-refractivity contribution >= 4 is 39.1 Å². The van der Waals surface area contributed by atoms with E-state index in [-0.39, 0.29) is 12.5 Å². The van der Waals surface area contributed by atoms with Gasteiger partial charge in [-0.15, -0.1) is 11.3 Å². The van der Waals surface area contributed by atoms with E-state index in [2.05, 4.69) is 21.2 Å². The minimum absolute atomic E-state index is 0.193. The summed E-state index contributed by atoms with van der Waals surface area (Å²) in [6.07, 6.45) is 4.23. The van der Waals surface area contributed by atoms with Gasteiger partial charge in [0.25, 0.3) is 5.91 Å². The van der Waals surface area contributed by atoms with Gasteiger partial charge in [0.2, 0.25) is 0 Å². The molecule has 1 fully saturated rings. The van der Waals surface area contributed by atoms with Gasteiger partial charge in [0.15, 0.2) is 0 Å². The largest absolute Gasteiger partial charge is 0.481 e. The lowest BCUT2D eigenvalue weighted by atomic mass is 9.74. The van der Waals surface area contributed by atoms with E-state index in [9.17, 15) is 14.7 Å². The van der Waals surface area contributed by atoms with E-state index in [0.717, 1.165) is 23.7 Å². The van der Waals surface area contributed by atoms with Crippen LogP contribution < -0.4 is 5.32 Å². The summed E-state index contributed by atoms with van der Waals surface area (Å²) in [6.45, 7) is 0.219. The van der Waals surface area contributed by atoms with Crippen LogP contribution in [0, 0.1) is 5.41 Å². The van der Waals surface area contributed by atoms with E-state index in [1.807, 2.05) is 5.38 Å². The Morgan fingerprint density at radius 1 is 1.37 bits per heavy atom. The van der Waals surface area contributed by atoms with Gasteiger partial charge < -0.3 is 10.4 Å². The van der Waals surface area contributed by atoms with Crippen molar-refractivity contribution < 1.29 is 14.7 Å². The van der Waals surface area contributed by atoms with Gasteiger partial charge in [-0.2, -0.15) is 0 Å². The van der Waals surface area contributed by atoms with Crippen LogP contribution in [0.1, 0.15) is 41.8 Å². The molecule has 6 heteroatoms. The number of carbonyl (C=O) groups is 2. The van der Waals surface area contributed by atoms with Crippen molar-refractivity contribution in [1.29, 1.82) is 0 Å². The molecule has 2 N–H and O–H groups in total. The molecule has 1 aromatic rings. The Balaban J connectivity index is 1.99. The molecule has 0 aliphatic heterocycles. The topological polar surface area (TPSA) is 66.4 Å². The Labute approximate surface area is 124 Å². The zero-order valence-corrected chi connectivity index (χ0v) is 12.8.